The monoisotopic (exact) mass is 498 g/mol. The number of rotatable bonds is 8. The maximum absolute atomic E-state index is 6.04. The number of aliphatic imine (C=N–C) groups is 1. The first-order chi connectivity index (χ1) is 12.1. The van der Waals surface area contributed by atoms with Crippen molar-refractivity contribution in [3.63, 3.8) is 0 Å². The highest BCUT2D eigenvalue weighted by atomic mass is 127. The molecule has 0 aliphatic carbocycles. The molecule has 1 N–H and O–H groups in total. The molecule has 0 radical (unpaired) electrons. The fraction of sp³-hybridized carbons (Fsp3) is 0.722. The number of aryl methyl sites for hydroxylation is 1. The lowest BCUT2D eigenvalue weighted by Gasteiger charge is -2.23. The second kappa shape index (κ2) is 12.8. The minimum atomic E-state index is 0. The van der Waals surface area contributed by atoms with Crippen LogP contribution in [0.5, 0.6) is 0 Å². The fourth-order valence-corrected chi connectivity index (χ4v) is 3.24. The van der Waals surface area contributed by atoms with Gasteiger partial charge < -0.3 is 24.3 Å². The molecule has 150 valence electrons. The van der Waals surface area contributed by atoms with Crippen LogP contribution in [0.3, 0.4) is 0 Å². The molecule has 0 spiro atoms. The molecule has 8 heteroatoms. The topological polar surface area (TPSA) is 51.0 Å². The van der Waals surface area contributed by atoms with Crippen molar-refractivity contribution < 1.29 is 9.47 Å². The van der Waals surface area contributed by atoms with Gasteiger partial charge in [-0.15, -0.1) is 24.0 Å². The molecule has 2 rings (SSSR count). The lowest BCUT2D eigenvalue weighted by molar-refractivity contribution is 0.0203. The van der Waals surface area contributed by atoms with Gasteiger partial charge in [-0.3, -0.25) is 4.99 Å². The Bertz CT molecular complexity index is 547. The van der Waals surface area contributed by atoms with Gasteiger partial charge in [-0.25, -0.2) is 0 Å². The van der Waals surface area contributed by atoms with Crippen molar-refractivity contribution in [3.05, 3.63) is 23.0 Å². The number of halogens is 2. The van der Waals surface area contributed by atoms with E-state index < -0.39 is 0 Å². The molecule has 1 aromatic heterocycles. The molecule has 0 atom stereocenters. The average Bonchev–Trinajstić information content (AvgIpc) is 2.92. The molecule has 26 heavy (non-hydrogen) atoms. The molecule has 0 bridgehead atoms. The van der Waals surface area contributed by atoms with Gasteiger partial charge in [-0.05, 0) is 31.2 Å². The van der Waals surface area contributed by atoms with Gasteiger partial charge in [0.05, 0.1) is 11.6 Å². The third-order valence-corrected chi connectivity index (χ3v) is 4.70. The molecule has 1 fully saturated rings. The van der Waals surface area contributed by atoms with Gasteiger partial charge in [-0.1, -0.05) is 11.6 Å². The van der Waals surface area contributed by atoms with E-state index in [0.29, 0.717) is 5.92 Å². The smallest absolute Gasteiger partial charge is 0.193 e. The summed E-state index contributed by atoms with van der Waals surface area (Å²) in [7, 11) is 5.83. The summed E-state index contributed by atoms with van der Waals surface area (Å²) in [5.74, 6) is 1.54. The first kappa shape index (κ1) is 23.5. The summed E-state index contributed by atoms with van der Waals surface area (Å²) in [6.45, 7) is 4.99. The van der Waals surface area contributed by atoms with E-state index in [-0.39, 0.29) is 24.0 Å². The summed E-state index contributed by atoms with van der Waals surface area (Å²) in [6.07, 6.45) is 5.13. The highest BCUT2D eigenvalue weighted by molar-refractivity contribution is 14.0. The van der Waals surface area contributed by atoms with Crippen LogP contribution in [0.15, 0.2) is 17.3 Å². The molecule has 1 aliphatic heterocycles. The van der Waals surface area contributed by atoms with Crippen molar-refractivity contribution in [2.75, 3.05) is 47.1 Å². The second-order valence-corrected chi connectivity index (χ2v) is 7.01. The normalized spacial score (nSPS) is 15.6. The Hall–Kier alpha value is -0.510. The molecule has 0 amide bonds. The van der Waals surface area contributed by atoms with Crippen molar-refractivity contribution in [1.82, 2.24) is 14.8 Å². The van der Waals surface area contributed by atoms with Crippen LogP contribution in [0.1, 0.15) is 25.0 Å². The number of guanidine groups is 1. The standard InChI is InChI=1S/C18H31ClN4O2.HI/c1-20-18(23(3)13-17-11-16(19)12-22(17)2)21-7-4-8-25-14-15-5-9-24-10-6-15;/h11-12,15H,4-10,13-14H2,1-3H3,(H,20,21);1H. The van der Waals surface area contributed by atoms with Crippen LogP contribution in [-0.4, -0.2) is 62.5 Å². The van der Waals surface area contributed by atoms with E-state index in [1.807, 2.05) is 30.9 Å². The Kier molecular flexibility index (Phi) is 11.6. The van der Waals surface area contributed by atoms with Gasteiger partial charge in [0.2, 0.25) is 0 Å². The second-order valence-electron chi connectivity index (χ2n) is 6.57. The van der Waals surface area contributed by atoms with Crippen molar-refractivity contribution in [1.29, 1.82) is 0 Å². The number of nitrogens with one attached hydrogen (secondary N) is 1. The third-order valence-electron chi connectivity index (χ3n) is 4.49. The predicted octanol–water partition coefficient (Wildman–Crippen LogP) is 3.14. The first-order valence-corrected chi connectivity index (χ1v) is 9.36. The van der Waals surface area contributed by atoms with Crippen LogP contribution in [0.25, 0.3) is 0 Å². The summed E-state index contributed by atoms with van der Waals surface area (Å²) in [5, 5.41) is 4.15. The molecular formula is C18H32ClIN4O2. The van der Waals surface area contributed by atoms with Gasteiger partial charge in [0.25, 0.3) is 0 Å². The van der Waals surface area contributed by atoms with E-state index in [4.69, 9.17) is 21.1 Å². The van der Waals surface area contributed by atoms with Crippen LogP contribution < -0.4 is 5.32 Å². The van der Waals surface area contributed by atoms with Crippen LogP contribution in [-0.2, 0) is 23.1 Å². The summed E-state index contributed by atoms with van der Waals surface area (Å²) < 4.78 is 13.2. The predicted molar refractivity (Wildman–Crippen MR) is 118 cm³/mol. The number of hydrogen-bond acceptors (Lipinski definition) is 3. The minimum absolute atomic E-state index is 0. The van der Waals surface area contributed by atoms with Crippen LogP contribution in [0.2, 0.25) is 5.02 Å². The molecule has 2 heterocycles. The Morgan fingerprint density at radius 1 is 1.46 bits per heavy atom. The SMILES string of the molecule is CN=C(NCCCOCC1CCOCC1)N(C)Cc1cc(Cl)cn1C.I. The highest BCUT2D eigenvalue weighted by Crippen LogP contribution is 2.15. The van der Waals surface area contributed by atoms with E-state index in [1.165, 1.54) is 0 Å². The van der Waals surface area contributed by atoms with E-state index in [9.17, 15) is 0 Å². The summed E-state index contributed by atoms with van der Waals surface area (Å²) in [4.78, 5) is 6.44. The Balaban J connectivity index is 0.00000338. The van der Waals surface area contributed by atoms with Gasteiger partial charge in [-0.2, -0.15) is 0 Å². The Labute approximate surface area is 179 Å². The molecule has 1 aliphatic rings. The van der Waals surface area contributed by atoms with Crippen molar-refractivity contribution >= 4 is 41.5 Å². The lowest BCUT2D eigenvalue weighted by Crippen LogP contribution is -2.39. The highest BCUT2D eigenvalue weighted by Gasteiger charge is 2.13. The van der Waals surface area contributed by atoms with E-state index >= 15 is 0 Å². The molecule has 1 saturated heterocycles. The van der Waals surface area contributed by atoms with Crippen LogP contribution >= 0.6 is 35.6 Å². The van der Waals surface area contributed by atoms with E-state index in [1.54, 1.807) is 7.05 Å². The summed E-state index contributed by atoms with van der Waals surface area (Å²) in [5.41, 5.74) is 1.15. The number of hydrogen-bond donors (Lipinski definition) is 1. The van der Waals surface area contributed by atoms with Gasteiger partial charge in [0, 0.05) is 66.0 Å². The largest absolute Gasteiger partial charge is 0.381 e. The zero-order valence-electron chi connectivity index (χ0n) is 16.0. The van der Waals surface area contributed by atoms with Gasteiger partial charge >= 0.3 is 0 Å². The Morgan fingerprint density at radius 3 is 2.81 bits per heavy atom. The average molecular weight is 499 g/mol. The van der Waals surface area contributed by atoms with Crippen LogP contribution in [0, 0.1) is 5.92 Å². The third kappa shape index (κ3) is 8.02. The van der Waals surface area contributed by atoms with Crippen molar-refractivity contribution in [3.8, 4) is 0 Å². The maximum atomic E-state index is 6.04. The Morgan fingerprint density at radius 2 is 2.19 bits per heavy atom. The number of ether oxygens (including phenoxy) is 2. The molecule has 1 aromatic rings. The first-order valence-electron chi connectivity index (χ1n) is 8.98. The quantitative estimate of drug-likeness (QED) is 0.259. The number of nitrogens with zero attached hydrogens (tertiary/aromatic N) is 3. The van der Waals surface area contributed by atoms with Gasteiger partial charge in [0.15, 0.2) is 5.96 Å². The van der Waals surface area contributed by atoms with E-state index in [0.717, 1.165) is 75.5 Å². The molecule has 0 saturated carbocycles. The fourth-order valence-electron chi connectivity index (χ4n) is 2.96. The molecule has 0 unspecified atom stereocenters. The minimum Gasteiger partial charge on any atom is -0.381 e. The van der Waals surface area contributed by atoms with E-state index in [2.05, 4.69) is 15.2 Å². The zero-order valence-corrected chi connectivity index (χ0v) is 19.1. The lowest BCUT2D eigenvalue weighted by atomic mass is 10.0. The molecule has 0 aromatic carbocycles. The van der Waals surface area contributed by atoms with Crippen molar-refractivity contribution in [2.45, 2.75) is 25.8 Å². The summed E-state index contributed by atoms with van der Waals surface area (Å²) >= 11 is 6.04. The van der Waals surface area contributed by atoms with Gasteiger partial charge in [0.1, 0.15) is 0 Å². The molecular weight excluding hydrogens is 467 g/mol. The van der Waals surface area contributed by atoms with Crippen LogP contribution in [0.4, 0.5) is 0 Å². The van der Waals surface area contributed by atoms with Crippen molar-refractivity contribution in [2.24, 2.45) is 18.0 Å². The zero-order chi connectivity index (χ0) is 18.1. The summed E-state index contributed by atoms with van der Waals surface area (Å²) in [6, 6.07) is 1.98. The number of aromatic nitrogens is 1. The maximum Gasteiger partial charge on any atom is 0.193 e. The molecule has 6 nitrogen and oxygen atoms in total.